The van der Waals surface area contributed by atoms with Crippen molar-refractivity contribution in [3.05, 3.63) is 53.1 Å². The quantitative estimate of drug-likeness (QED) is 0.760. The highest BCUT2D eigenvalue weighted by Gasteiger charge is 2.49. The fraction of sp³-hybridized carbons (Fsp3) is 0.318. The Labute approximate surface area is 173 Å². The van der Waals surface area contributed by atoms with Gasteiger partial charge in [-0.05, 0) is 43.2 Å². The number of carbonyl (C=O) groups excluding carboxylic acids is 3. The van der Waals surface area contributed by atoms with Gasteiger partial charge in [0.25, 0.3) is 5.91 Å². The molecule has 2 atom stereocenters. The lowest BCUT2D eigenvalue weighted by atomic mass is 9.81. The zero-order valence-electron chi connectivity index (χ0n) is 16.0. The maximum Gasteiger partial charge on any atom is 0.257 e. The van der Waals surface area contributed by atoms with Gasteiger partial charge in [0, 0.05) is 5.02 Å². The number of amides is 3. The van der Waals surface area contributed by atoms with Gasteiger partial charge < -0.3 is 10.1 Å². The molecule has 2 aliphatic rings. The summed E-state index contributed by atoms with van der Waals surface area (Å²) >= 11 is 6.04. The number of carbonyl (C=O) groups is 3. The second-order valence-corrected chi connectivity index (χ2v) is 7.76. The molecule has 0 radical (unpaired) electrons. The fourth-order valence-corrected chi connectivity index (χ4v) is 4.40. The van der Waals surface area contributed by atoms with Gasteiger partial charge in [-0.25, -0.2) is 4.90 Å². The van der Waals surface area contributed by atoms with Crippen LogP contribution in [-0.2, 0) is 9.59 Å². The Bertz CT molecular complexity index is 967. The van der Waals surface area contributed by atoms with Crippen LogP contribution in [0.5, 0.6) is 5.75 Å². The zero-order chi connectivity index (χ0) is 20.5. The first-order chi connectivity index (χ1) is 14.0. The van der Waals surface area contributed by atoms with Crippen molar-refractivity contribution in [1.82, 2.24) is 0 Å². The molecule has 0 unspecified atom stereocenters. The van der Waals surface area contributed by atoms with E-state index in [2.05, 4.69) is 5.32 Å². The molecule has 3 amide bonds. The van der Waals surface area contributed by atoms with E-state index in [1.165, 1.54) is 12.0 Å². The highest BCUT2D eigenvalue weighted by molar-refractivity contribution is 6.31. The number of nitrogens with zero attached hydrogens (tertiary/aromatic N) is 1. The number of halogens is 1. The first-order valence-corrected chi connectivity index (χ1v) is 10.0. The Morgan fingerprint density at radius 3 is 2.38 bits per heavy atom. The SMILES string of the molecule is COc1ccc(Cl)cc1NC(=O)c1ccccc1N1C(=O)[C@H]2CCCC[C@H]2C1=O. The van der Waals surface area contributed by atoms with Crippen LogP contribution in [0.4, 0.5) is 11.4 Å². The van der Waals surface area contributed by atoms with Gasteiger partial charge >= 0.3 is 0 Å². The van der Waals surface area contributed by atoms with Crippen LogP contribution in [0.2, 0.25) is 5.02 Å². The first-order valence-electron chi connectivity index (χ1n) is 9.63. The summed E-state index contributed by atoms with van der Waals surface area (Å²) in [5.74, 6) is -0.961. The minimum absolute atomic E-state index is 0.208. The predicted octanol–water partition coefficient (Wildman–Crippen LogP) is 4.28. The summed E-state index contributed by atoms with van der Waals surface area (Å²) in [6.07, 6.45) is 3.34. The molecule has 4 rings (SSSR count). The van der Waals surface area contributed by atoms with Gasteiger partial charge in [0.2, 0.25) is 11.8 Å². The van der Waals surface area contributed by atoms with E-state index in [1.54, 1.807) is 42.5 Å². The van der Waals surface area contributed by atoms with Gasteiger partial charge in [0.15, 0.2) is 0 Å². The van der Waals surface area contributed by atoms with Crippen LogP contribution in [0.25, 0.3) is 0 Å². The monoisotopic (exact) mass is 412 g/mol. The topological polar surface area (TPSA) is 75.7 Å². The Morgan fingerprint density at radius 2 is 1.72 bits per heavy atom. The molecule has 0 spiro atoms. The third kappa shape index (κ3) is 3.49. The van der Waals surface area contributed by atoms with Gasteiger partial charge in [-0.2, -0.15) is 0 Å². The standard InChI is InChI=1S/C22H21ClN2O4/c1-29-19-11-10-13(23)12-17(19)24-20(26)16-8-4-5-9-18(16)25-21(27)14-6-2-3-7-15(14)22(25)28/h4-5,8-12,14-15H,2-3,6-7H2,1H3,(H,24,26)/t14-,15+. The molecular formula is C22H21ClN2O4. The molecule has 6 nitrogen and oxygen atoms in total. The van der Waals surface area contributed by atoms with Gasteiger partial charge in [-0.1, -0.05) is 36.6 Å². The number of para-hydroxylation sites is 1. The highest BCUT2D eigenvalue weighted by Crippen LogP contribution is 2.41. The second kappa shape index (κ2) is 7.87. The Hall–Kier alpha value is -2.86. The number of rotatable bonds is 4. The molecule has 1 saturated heterocycles. The molecule has 1 N–H and O–H groups in total. The van der Waals surface area contributed by atoms with E-state index in [4.69, 9.17) is 16.3 Å². The average molecular weight is 413 g/mol. The predicted molar refractivity (Wildman–Crippen MR) is 110 cm³/mol. The molecule has 0 bridgehead atoms. The van der Waals surface area contributed by atoms with E-state index in [0.29, 0.717) is 22.1 Å². The molecule has 7 heteroatoms. The van der Waals surface area contributed by atoms with E-state index < -0.39 is 5.91 Å². The Balaban J connectivity index is 1.67. The molecule has 1 aliphatic carbocycles. The van der Waals surface area contributed by atoms with Crippen LogP contribution >= 0.6 is 11.6 Å². The molecule has 2 aromatic rings. The average Bonchev–Trinajstić information content (AvgIpc) is 2.99. The Kier molecular flexibility index (Phi) is 5.28. The van der Waals surface area contributed by atoms with Crippen LogP contribution < -0.4 is 15.0 Å². The number of anilines is 2. The minimum atomic E-state index is -0.448. The molecule has 0 aromatic heterocycles. The van der Waals surface area contributed by atoms with Crippen molar-refractivity contribution in [2.75, 3.05) is 17.3 Å². The van der Waals surface area contributed by atoms with Crippen molar-refractivity contribution >= 4 is 40.7 Å². The van der Waals surface area contributed by atoms with E-state index in [-0.39, 0.29) is 29.2 Å². The fourth-order valence-electron chi connectivity index (χ4n) is 4.23. The van der Waals surface area contributed by atoms with Crippen LogP contribution in [0.3, 0.4) is 0 Å². The summed E-state index contributed by atoms with van der Waals surface area (Å²) in [6.45, 7) is 0. The van der Waals surface area contributed by atoms with Gasteiger partial charge in [-0.3, -0.25) is 14.4 Å². The summed E-state index contributed by atoms with van der Waals surface area (Å²) in [6, 6.07) is 11.6. The maximum atomic E-state index is 13.0. The summed E-state index contributed by atoms with van der Waals surface area (Å²) in [4.78, 5) is 40.2. The molecule has 2 aromatic carbocycles. The van der Waals surface area contributed by atoms with Gasteiger partial charge in [0.05, 0.1) is 35.9 Å². The summed E-state index contributed by atoms with van der Waals surface area (Å²) in [5, 5.41) is 3.22. The van der Waals surface area contributed by atoms with Crippen LogP contribution in [0, 0.1) is 11.8 Å². The normalized spacial score (nSPS) is 21.1. The molecule has 29 heavy (non-hydrogen) atoms. The van der Waals surface area contributed by atoms with E-state index >= 15 is 0 Å². The number of nitrogens with one attached hydrogen (secondary N) is 1. The van der Waals surface area contributed by atoms with Crippen molar-refractivity contribution in [2.45, 2.75) is 25.7 Å². The minimum Gasteiger partial charge on any atom is -0.495 e. The lowest BCUT2D eigenvalue weighted by Gasteiger charge is -2.19. The van der Waals surface area contributed by atoms with E-state index in [9.17, 15) is 14.4 Å². The highest BCUT2D eigenvalue weighted by atomic mass is 35.5. The lowest BCUT2D eigenvalue weighted by molar-refractivity contribution is -0.122. The van der Waals surface area contributed by atoms with Crippen molar-refractivity contribution in [3.63, 3.8) is 0 Å². The maximum absolute atomic E-state index is 13.0. The van der Waals surface area contributed by atoms with E-state index in [0.717, 1.165) is 25.7 Å². The number of fused-ring (bicyclic) bond motifs is 1. The van der Waals surface area contributed by atoms with Crippen LogP contribution in [-0.4, -0.2) is 24.8 Å². The summed E-state index contributed by atoms with van der Waals surface area (Å²) in [7, 11) is 1.50. The first kappa shape index (κ1) is 19.5. The van der Waals surface area contributed by atoms with Crippen molar-refractivity contribution in [2.24, 2.45) is 11.8 Å². The Morgan fingerprint density at radius 1 is 1.07 bits per heavy atom. The smallest absolute Gasteiger partial charge is 0.257 e. The second-order valence-electron chi connectivity index (χ2n) is 7.33. The largest absolute Gasteiger partial charge is 0.495 e. The summed E-state index contributed by atoms with van der Waals surface area (Å²) in [5.41, 5.74) is 0.970. The number of ether oxygens (including phenoxy) is 1. The molecule has 1 saturated carbocycles. The van der Waals surface area contributed by atoms with Gasteiger partial charge in [0.1, 0.15) is 5.75 Å². The number of hydrogen-bond acceptors (Lipinski definition) is 4. The van der Waals surface area contributed by atoms with Gasteiger partial charge in [-0.15, -0.1) is 0 Å². The summed E-state index contributed by atoms with van der Waals surface area (Å²) < 4.78 is 5.27. The van der Waals surface area contributed by atoms with Crippen LogP contribution in [0.1, 0.15) is 36.0 Å². The number of imide groups is 1. The lowest BCUT2D eigenvalue weighted by Crippen LogP contribution is -2.32. The molecule has 150 valence electrons. The molecule has 1 aliphatic heterocycles. The van der Waals surface area contributed by atoms with Crippen LogP contribution in [0.15, 0.2) is 42.5 Å². The van der Waals surface area contributed by atoms with Crippen molar-refractivity contribution in [1.29, 1.82) is 0 Å². The zero-order valence-corrected chi connectivity index (χ0v) is 16.7. The number of methoxy groups -OCH3 is 1. The molecule has 2 fully saturated rings. The van der Waals surface area contributed by atoms with E-state index in [1.807, 2.05) is 0 Å². The van der Waals surface area contributed by atoms with Crippen molar-refractivity contribution < 1.29 is 19.1 Å². The molecule has 1 heterocycles. The third-order valence-corrected chi connectivity index (χ3v) is 5.88. The third-order valence-electron chi connectivity index (χ3n) is 5.64. The molecular weight excluding hydrogens is 392 g/mol. The van der Waals surface area contributed by atoms with Crippen molar-refractivity contribution in [3.8, 4) is 5.75 Å². The number of hydrogen-bond donors (Lipinski definition) is 1. The number of benzene rings is 2.